The Morgan fingerprint density at radius 2 is 1.12 bits per heavy atom. The predicted molar refractivity (Wildman–Crippen MR) is 94.2 cm³/mol. The van der Waals surface area contributed by atoms with E-state index in [-0.39, 0.29) is 0 Å². The minimum absolute atomic E-state index is 0.290. The van der Waals surface area contributed by atoms with Crippen LogP contribution < -0.4 is 9.47 Å². The van der Waals surface area contributed by atoms with Crippen LogP contribution in [0, 0.1) is 24.7 Å². The number of fused-ring (bicyclic) bond motifs is 1. The molecule has 0 saturated carbocycles. The number of benzene rings is 2. The molecule has 0 aliphatic heterocycles. The van der Waals surface area contributed by atoms with Gasteiger partial charge in [-0.1, -0.05) is 36.1 Å². The summed E-state index contributed by atoms with van der Waals surface area (Å²) in [6.45, 7) is 2.35. The van der Waals surface area contributed by atoms with Crippen LogP contribution in [0.2, 0.25) is 0 Å². The lowest BCUT2D eigenvalue weighted by molar-refractivity contribution is 0.124. The van der Waals surface area contributed by atoms with Crippen molar-refractivity contribution in [2.24, 2.45) is 0 Å². The van der Waals surface area contributed by atoms with Crippen molar-refractivity contribution in [3.05, 3.63) is 36.4 Å². The third kappa shape index (κ3) is 5.21. The van der Waals surface area contributed by atoms with Crippen molar-refractivity contribution < 1.29 is 18.9 Å². The molecule has 0 radical (unpaired) electrons. The van der Waals surface area contributed by atoms with E-state index in [9.17, 15) is 0 Å². The van der Waals surface area contributed by atoms with Crippen LogP contribution in [-0.4, -0.2) is 39.6 Å². The van der Waals surface area contributed by atoms with Crippen molar-refractivity contribution in [1.29, 1.82) is 0 Å². The van der Waals surface area contributed by atoms with Crippen LogP contribution >= 0.6 is 0 Å². The number of hydrogen-bond acceptors (Lipinski definition) is 4. The standard InChI is InChI=1S/C20H20O4/c1-3-11-21-13-15-23-19-9-5-8-18-17(19)7-6-10-20(18)24-16-14-22-12-4-2/h1-2,5-10H,11-16H2. The van der Waals surface area contributed by atoms with Crippen LogP contribution in [0.25, 0.3) is 10.8 Å². The van der Waals surface area contributed by atoms with Gasteiger partial charge in [0.2, 0.25) is 0 Å². The van der Waals surface area contributed by atoms with Crippen molar-refractivity contribution in [3.8, 4) is 36.2 Å². The van der Waals surface area contributed by atoms with Crippen LogP contribution in [-0.2, 0) is 9.47 Å². The van der Waals surface area contributed by atoms with Gasteiger partial charge in [0, 0.05) is 10.8 Å². The molecule has 0 bridgehead atoms. The van der Waals surface area contributed by atoms with Crippen LogP contribution in [0.5, 0.6) is 11.5 Å². The molecular formula is C20H20O4. The molecule has 0 heterocycles. The van der Waals surface area contributed by atoms with Crippen molar-refractivity contribution in [2.75, 3.05) is 39.6 Å². The molecule has 24 heavy (non-hydrogen) atoms. The highest BCUT2D eigenvalue weighted by Gasteiger charge is 2.07. The van der Waals surface area contributed by atoms with Crippen LogP contribution in [0.1, 0.15) is 0 Å². The molecule has 0 aliphatic carbocycles. The first-order chi connectivity index (χ1) is 11.9. The van der Waals surface area contributed by atoms with E-state index in [0.717, 1.165) is 22.3 Å². The summed E-state index contributed by atoms with van der Waals surface area (Å²) in [6, 6.07) is 11.7. The van der Waals surface area contributed by atoms with Gasteiger partial charge in [0.05, 0.1) is 13.2 Å². The lowest BCUT2D eigenvalue weighted by atomic mass is 10.1. The zero-order valence-corrected chi connectivity index (χ0v) is 13.5. The first-order valence-corrected chi connectivity index (χ1v) is 7.66. The smallest absolute Gasteiger partial charge is 0.127 e. The van der Waals surface area contributed by atoms with Gasteiger partial charge in [0.25, 0.3) is 0 Å². The molecular weight excluding hydrogens is 304 g/mol. The molecule has 0 N–H and O–H groups in total. The van der Waals surface area contributed by atoms with Gasteiger partial charge in [-0.25, -0.2) is 0 Å². The van der Waals surface area contributed by atoms with Crippen molar-refractivity contribution in [1.82, 2.24) is 0 Å². The fourth-order valence-electron chi connectivity index (χ4n) is 2.19. The van der Waals surface area contributed by atoms with Gasteiger partial charge in [-0.15, -0.1) is 12.8 Å². The highest BCUT2D eigenvalue weighted by molar-refractivity contribution is 5.93. The highest BCUT2D eigenvalue weighted by atomic mass is 16.5. The van der Waals surface area contributed by atoms with E-state index in [2.05, 4.69) is 11.8 Å². The molecule has 4 heteroatoms. The average Bonchev–Trinajstić information content (AvgIpc) is 2.61. The largest absolute Gasteiger partial charge is 0.491 e. The Hall–Kier alpha value is -2.66. The zero-order chi connectivity index (χ0) is 17.0. The summed E-state index contributed by atoms with van der Waals surface area (Å²) < 4.78 is 22.0. The topological polar surface area (TPSA) is 36.9 Å². The summed E-state index contributed by atoms with van der Waals surface area (Å²) >= 11 is 0. The Bertz CT molecular complexity index is 661. The normalized spacial score (nSPS) is 10.1. The molecule has 0 spiro atoms. The highest BCUT2D eigenvalue weighted by Crippen LogP contribution is 2.32. The number of terminal acetylenes is 2. The van der Waals surface area contributed by atoms with Gasteiger partial charge < -0.3 is 18.9 Å². The first kappa shape index (κ1) is 17.7. The van der Waals surface area contributed by atoms with E-state index >= 15 is 0 Å². The summed E-state index contributed by atoms with van der Waals surface area (Å²) in [7, 11) is 0. The molecule has 0 aromatic heterocycles. The van der Waals surface area contributed by atoms with Gasteiger partial charge in [-0.2, -0.15) is 0 Å². The summed E-state index contributed by atoms with van der Waals surface area (Å²) in [5.74, 6) is 6.41. The fourth-order valence-corrected chi connectivity index (χ4v) is 2.19. The fraction of sp³-hybridized carbons (Fsp3) is 0.300. The van der Waals surface area contributed by atoms with E-state index in [4.69, 9.17) is 31.8 Å². The van der Waals surface area contributed by atoms with Gasteiger partial charge in [0.15, 0.2) is 0 Å². The maximum atomic E-state index is 5.78. The Labute approximate surface area is 142 Å². The summed E-state index contributed by atoms with van der Waals surface area (Å²) in [6.07, 6.45) is 10.3. The molecule has 0 atom stereocenters. The summed E-state index contributed by atoms with van der Waals surface area (Å²) in [5.41, 5.74) is 0. The number of rotatable bonds is 10. The summed E-state index contributed by atoms with van der Waals surface area (Å²) in [5, 5.41) is 1.97. The maximum absolute atomic E-state index is 5.78. The minimum Gasteiger partial charge on any atom is -0.491 e. The number of ether oxygens (including phenoxy) is 4. The lowest BCUT2D eigenvalue weighted by Gasteiger charge is -2.12. The monoisotopic (exact) mass is 324 g/mol. The lowest BCUT2D eigenvalue weighted by Crippen LogP contribution is -2.08. The maximum Gasteiger partial charge on any atom is 0.127 e. The van der Waals surface area contributed by atoms with Crippen LogP contribution in [0.3, 0.4) is 0 Å². The molecule has 124 valence electrons. The second-order valence-corrected chi connectivity index (χ2v) is 4.82. The molecule has 2 rings (SSSR count). The molecule has 0 fully saturated rings. The first-order valence-electron chi connectivity index (χ1n) is 7.66. The Balaban J connectivity index is 2.00. The quantitative estimate of drug-likeness (QED) is 0.497. The van der Waals surface area contributed by atoms with Gasteiger partial charge in [-0.3, -0.25) is 0 Å². The zero-order valence-electron chi connectivity index (χ0n) is 13.5. The van der Waals surface area contributed by atoms with Crippen LogP contribution in [0.15, 0.2) is 36.4 Å². The van der Waals surface area contributed by atoms with Crippen LogP contribution in [0.4, 0.5) is 0 Å². The van der Waals surface area contributed by atoms with Gasteiger partial charge in [-0.05, 0) is 12.1 Å². The molecule has 4 nitrogen and oxygen atoms in total. The van der Waals surface area contributed by atoms with Crippen molar-refractivity contribution in [2.45, 2.75) is 0 Å². The van der Waals surface area contributed by atoms with E-state index in [1.54, 1.807) is 0 Å². The van der Waals surface area contributed by atoms with E-state index in [1.165, 1.54) is 0 Å². The SMILES string of the molecule is C#CCOCCOc1cccc2c(OCCOCC#C)cccc12. The van der Waals surface area contributed by atoms with Gasteiger partial charge >= 0.3 is 0 Å². The number of hydrogen-bond donors (Lipinski definition) is 0. The predicted octanol–water partition coefficient (Wildman–Crippen LogP) is 2.90. The van der Waals surface area contributed by atoms with E-state index in [1.807, 2.05) is 36.4 Å². The second kappa shape index (κ2) is 10.2. The van der Waals surface area contributed by atoms with Crippen molar-refractivity contribution >= 4 is 10.8 Å². The summed E-state index contributed by atoms with van der Waals surface area (Å²) in [4.78, 5) is 0. The Morgan fingerprint density at radius 3 is 1.54 bits per heavy atom. The van der Waals surface area contributed by atoms with Gasteiger partial charge in [0.1, 0.15) is 37.9 Å². The second-order valence-electron chi connectivity index (χ2n) is 4.82. The molecule has 2 aromatic rings. The van der Waals surface area contributed by atoms with E-state index < -0.39 is 0 Å². The molecule has 0 unspecified atom stereocenters. The Morgan fingerprint density at radius 1 is 0.667 bits per heavy atom. The third-order valence-corrected chi connectivity index (χ3v) is 3.18. The molecule has 0 aliphatic rings. The average molecular weight is 324 g/mol. The van der Waals surface area contributed by atoms with Crippen molar-refractivity contribution in [3.63, 3.8) is 0 Å². The van der Waals surface area contributed by atoms with E-state index in [0.29, 0.717) is 39.6 Å². The molecule has 0 amide bonds. The minimum atomic E-state index is 0.290. The third-order valence-electron chi connectivity index (χ3n) is 3.18. The molecule has 0 saturated heterocycles. The Kier molecular flexibility index (Phi) is 7.50. The molecule has 2 aromatic carbocycles.